The van der Waals surface area contributed by atoms with Crippen molar-refractivity contribution in [2.45, 2.75) is 0 Å². The molecule has 0 fully saturated rings. The number of rotatable bonds is 5. The van der Waals surface area contributed by atoms with Crippen LogP contribution in [-0.2, 0) is 0 Å². The molecule has 1 heterocycles. The van der Waals surface area contributed by atoms with Crippen molar-refractivity contribution < 1.29 is 4.74 Å². The fraction of sp³-hybridized carbons (Fsp3) is 0.545. The number of methoxy groups -OCH3 is 1. The molecule has 0 spiro atoms. The molecule has 0 aliphatic carbocycles. The molecule has 0 unspecified atom stereocenters. The van der Waals surface area contributed by atoms with E-state index in [9.17, 15) is 0 Å². The minimum atomic E-state index is 0.584. The van der Waals surface area contributed by atoms with Gasteiger partial charge in [0.05, 0.1) is 12.8 Å². The van der Waals surface area contributed by atoms with Crippen molar-refractivity contribution in [3.63, 3.8) is 0 Å². The second-order valence-electron chi connectivity index (χ2n) is 3.99. The Bertz CT molecular complexity index is 341. The number of pyridine rings is 1. The molecular weight excluding hydrogens is 204 g/mol. The molecule has 5 heteroatoms. The summed E-state index contributed by atoms with van der Waals surface area (Å²) in [7, 11) is 7.65. The number of aromatic nitrogens is 1. The van der Waals surface area contributed by atoms with Gasteiger partial charge >= 0.3 is 0 Å². The van der Waals surface area contributed by atoms with Crippen molar-refractivity contribution in [2.75, 3.05) is 52.0 Å². The van der Waals surface area contributed by atoms with Gasteiger partial charge in [-0.1, -0.05) is 0 Å². The van der Waals surface area contributed by atoms with Crippen LogP contribution < -0.4 is 15.4 Å². The highest BCUT2D eigenvalue weighted by Gasteiger charge is 2.08. The molecule has 0 radical (unpaired) electrons. The number of nitrogens with zero attached hydrogens (tertiary/aromatic N) is 3. The summed E-state index contributed by atoms with van der Waals surface area (Å²) in [6.45, 7) is 1.83. The monoisotopic (exact) mass is 224 g/mol. The van der Waals surface area contributed by atoms with Crippen molar-refractivity contribution in [1.82, 2.24) is 9.88 Å². The standard InChI is InChI=1S/C11H20N4O/c1-14(2)7-8-15(3)11-9(12)5-6-10(13-11)16-4/h5-6H,7-8,12H2,1-4H3. The molecule has 0 aromatic carbocycles. The first-order valence-corrected chi connectivity index (χ1v) is 5.21. The summed E-state index contributed by atoms with van der Waals surface area (Å²) in [5.41, 5.74) is 6.55. The average molecular weight is 224 g/mol. The highest BCUT2D eigenvalue weighted by molar-refractivity contribution is 5.63. The molecular formula is C11H20N4O. The Morgan fingerprint density at radius 2 is 1.94 bits per heavy atom. The predicted octanol–water partition coefficient (Wildman–Crippen LogP) is 0.670. The third kappa shape index (κ3) is 3.27. The summed E-state index contributed by atoms with van der Waals surface area (Å²) in [5.74, 6) is 1.35. The van der Waals surface area contributed by atoms with Gasteiger partial charge in [0.1, 0.15) is 0 Å². The van der Waals surface area contributed by atoms with Crippen LogP contribution >= 0.6 is 0 Å². The smallest absolute Gasteiger partial charge is 0.215 e. The highest BCUT2D eigenvalue weighted by Crippen LogP contribution is 2.22. The lowest BCUT2D eigenvalue weighted by molar-refractivity contribution is 0.396. The van der Waals surface area contributed by atoms with Gasteiger partial charge in [0.2, 0.25) is 5.88 Å². The van der Waals surface area contributed by atoms with Crippen LogP contribution in [0.4, 0.5) is 11.5 Å². The molecule has 0 aliphatic rings. The van der Waals surface area contributed by atoms with Crippen molar-refractivity contribution in [2.24, 2.45) is 0 Å². The Kier molecular flexibility index (Phi) is 4.37. The molecule has 1 aromatic rings. The zero-order valence-corrected chi connectivity index (χ0v) is 10.4. The summed E-state index contributed by atoms with van der Waals surface area (Å²) >= 11 is 0. The third-order valence-corrected chi connectivity index (χ3v) is 2.33. The number of nitrogens with two attached hydrogens (primary N) is 1. The van der Waals surface area contributed by atoms with Crippen LogP contribution in [0, 0.1) is 0 Å². The van der Waals surface area contributed by atoms with E-state index in [0.29, 0.717) is 11.6 Å². The normalized spacial score (nSPS) is 10.6. The van der Waals surface area contributed by atoms with Gasteiger partial charge in [-0.2, -0.15) is 4.98 Å². The molecule has 90 valence electrons. The zero-order chi connectivity index (χ0) is 12.1. The fourth-order valence-electron chi connectivity index (χ4n) is 1.32. The summed E-state index contributed by atoms with van der Waals surface area (Å²) in [6.07, 6.45) is 0. The Morgan fingerprint density at radius 1 is 1.25 bits per heavy atom. The van der Waals surface area contributed by atoms with Gasteiger partial charge in [-0.3, -0.25) is 0 Å². The number of anilines is 2. The average Bonchev–Trinajstić information content (AvgIpc) is 2.26. The molecule has 16 heavy (non-hydrogen) atoms. The first-order valence-electron chi connectivity index (χ1n) is 5.21. The maximum absolute atomic E-state index is 5.88. The van der Waals surface area contributed by atoms with Gasteiger partial charge in [0.25, 0.3) is 0 Å². The molecule has 2 N–H and O–H groups in total. The van der Waals surface area contributed by atoms with E-state index in [-0.39, 0.29) is 0 Å². The zero-order valence-electron chi connectivity index (χ0n) is 10.4. The van der Waals surface area contributed by atoms with Gasteiger partial charge in [-0.15, -0.1) is 0 Å². The maximum Gasteiger partial charge on any atom is 0.215 e. The minimum absolute atomic E-state index is 0.584. The first-order chi connectivity index (χ1) is 7.54. The Labute approximate surface area is 96.8 Å². The van der Waals surface area contributed by atoms with E-state index in [1.807, 2.05) is 32.1 Å². The lowest BCUT2D eigenvalue weighted by Gasteiger charge is -2.22. The Hall–Kier alpha value is -1.49. The molecule has 0 saturated heterocycles. The molecule has 0 bridgehead atoms. The van der Waals surface area contributed by atoms with Gasteiger partial charge < -0.3 is 20.3 Å². The maximum atomic E-state index is 5.88. The second-order valence-corrected chi connectivity index (χ2v) is 3.99. The van der Waals surface area contributed by atoms with Crippen molar-refractivity contribution in [3.8, 4) is 5.88 Å². The molecule has 1 rings (SSSR count). The molecule has 0 amide bonds. The van der Waals surface area contributed by atoms with E-state index >= 15 is 0 Å². The van der Waals surface area contributed by atoms with Crippen molar-refractivity contribution >= 4 is 11.5 Å². The van der Waals surface area contributed by atoms with Crippen LogP contribution in [0.2, 0.25) is 0 Å². The number of hydrogen-bond donors (Lipinski definition) is 1. The lowest BCUT2D eigenvalue weighted by atomic mass is 10.3. The summed E-state index contributed by atoms with van der Waals surface area (Å²) in [4.78, 5) is 8.47. The van der Waals surface area contributed by atoms with Crippen molar-refractivity contribution in [1.29, 1.82) is 0 Å². The molecule has 0 aliphatic heterocycles. The SMILES string of the molecule is COc1ccc(N)c(N(C)CCN(C)C)n1. The fourth-order valence-corrected chi connectivity index (χ4v) is 1.32. The summed E-state index contributed by atoms with van der Waals surface area (Å²) < 4.78 is 5.08. The van der Waals surface area contributed by atoms with Crippen LogP contribution in [0.1, 0.15) is 0 Å². The number of likely N-dealkylation sites (N-methyl/N-ethyl adjacent to an activating group) is 2. The van der Waals surface area contributed by atoms with Gasteiger partial charge in [0.15, 0.2) is 5.82 Å². The third-order valence-electron chi connectivity index (χ3n) is 2.33. The summed E-state index contributed by atoms with van der Waals surface area (Å²) in [5, 5.41) is 0. The van der Waals surface area contributed by atoms with Crippen LogP contribution in [0.15, 0.2) is 12.1 Å². The first kappa shape index (κ1) is 12.6. The van der Waals surface area contributed by atoms with Gasteiger partial charge in [-0.25, -0.2) is 0 Å². The quantitative estimate of drug-likeness (QED) is 0.796. The number of hydrogen-bond acceptors (Lipinski definition) is 5. The van der Waals surface area contributed by atoms with Gasteiger partial charge in [0, 0.05) is 26.2 Å². The van der Waals surface area contributed by atoms with Crippen LogP contribution in [0.25, 0.3) is 0 Å². The van der Waals surface area contributed by atoms with Crippen LogP contribution in [-0.4, -0.2) is 51.2 Å². The number of ether oxygens (including phenoxy) is 1. The van der Waals surface area contributed by atoms with E-state index in [2.05, 4.69) is 9.88 Å². The molecule has 0 saturated carbocycles. The predicted molar refractivity (Wildman–Crippen MR) is 67.0 cm³/mol. The second kappa shape index (κ2) is 5.55. The molecule has 0 atom stereocenters. The number of nitrogen functional groups attached to an aromatic ring is 1. The van der Waals surface area contributed by atoms with Crippen molar-refractivity contribution in [3.05, 3.63) is 12.1 Å². The minimum Gasteiger partial charge on any atom is -0.481 e. The van der Waals surface area contributed by atoms with Crippen LogP contribution in [0.5, 0.6) is 5.88 Å². The highest BCUT2D eigenvalue weighted by atomic mass is 16.5. The van der Waals surface area contributed by atoms with E-state index < -0.39 is 0 Å². The molecule has 5 nitrogen and oxygen atoms in total. The Morgan fingerprint density at radius 3 is 2.50 bits per heavy atom. The van der Waals surface area contributed by atoms with Gasteiger partial charge in [-0.05, 0) is 20.2 Å². The molecule has 1 aromatic heterocycles. The topological polar surface area (TPSA) is 54.6 Å². The van der Waals surface area contributed by atoms with E-state index in [0.717, 1.165) is 18.9 Å². The van der Waals surface area contributed by atoms with E-state index in [4.69, 9.17) is 10.5 Å². The van der Waals surface area contributed by atoms with Crippen LogP contribution in [0.3, 0.4) is 0 Å². The lowest BCUT2D eigenvalue weighted by Crippen LogP contribution is -2.29. The van der Waals surface area contributed by atoms with E-state index in [1.165, 1.54) is 0 Å². The van der Waals surface area contributed by atoms with E-state index in [1.54, 1.807) is 13.2 Å². The summed E-state index contributed by atoms with van der Waals surface area (Å²) in [6, 6.07) is 3.58. The Balaban J connectivity index is 2.76. The largest absolute Gasteiger partial charge is 0.481 e.